The summed E-state index contributed by atoms with van der Waals surface area (Å²) in [5, 5.41) is 3.70. The van der Waals surface area contributed by atoms with Crippen molar-refractivity contribution >= 4 is 5.69 Å². The second-order valence-electron chi connectivity index (χ2n) is 6.90. The minimum absolute atomic E-state index is 0.135. The van der Waals surface area contributed by atoms with Crippen LogP contribution < -0.4 is 10.2 Å². The molecule has 0 amide bonds. The van der Waals surface area contributed by atoms with E-state index in [1.807, 2.05) is 6.08 Å². The van der Waals surface area contributed by atoms with E-state index >= 15 is 0 Å². The van der Waals surface area contributed by atoms with Gasteiger partial charge in [-0.3, -0.25) is 0 Å². The summed E-state index contributed by atoms with van der Waals surface area (Å²) in [4.78, 5) is 2.12. The molecular weight excluding hydrogens is 304 g/mol. The molecule has 0 spiro atoms. The standard InChI is InChI=1S/C23H30N2/c1-6-20(16-18(2)3)23(24-17-19-10-8-7-9-11-19)21-12-14-22(15-13-21)25(4)5/h6-16,18,23-24H,1,17H2,2-5H3/b20-16+. The molecule has 2 heteroatoms. The minimum atomic E-state index is 0.135. The molecule has 0 aliphatic rings. The van der Waals surface area contributed by atoms with Gasteiger partial charge in [-0.1, -0.05) is 75.0 Å². The molecule has 132 valence electrons. The van der Waals surface area contributed by atoms with E-state index in [-0.39, 0.29) is 6.04 Å². The smallest absolute Gasteiger partial charge is 0.0576 e. The molecule has 0 aliphatic carbocycles. The van der Waals surface area contributed by atoms with E-state index in [1.165, 1.54) is 22.4 Å². The number of nitrogens with one attached hydrogen (secondary N) is 1. The Morgan fingerprint density at radius 3 is 2.20 bits per heavy atom. The van der Waals surface area contributed by atoms with E-state index in [1.54, 1.807) is 0 Å². The average molecular weight is 335 g/mol. The lowest BCUT2D eigenvalue weighted by atomic mass is 9.95. The van der Waals surface area contributed by atoms with Crippen LogP contribution in [0.1, 0.15) is 31.0 Å². The second kappa shape index (κ2) is 9.24. The van der Waals surface area contributed by atoms with E-state index in [9.17, 15) is 0 Å². The van der Waals surface area contributed by atoms with Crippen LogP contribution in [0.3, 0.4) is 0 Å². The maximum atomic E-state index is 4.04. The molecule has 0 radical (unpaired) electrons. The zero-order chi connectivity index (χ0) is 18.2. The van der Waals surface area contributed by atoms with E-state index in [0.29, 0.717) is 5.92 Å². The lowest BCUT2D eigenvalue weighted by molar-refractivity contribution is 0.598. The fourth-order valence-corrected chi connectivity index (χ4v) is 2.88. The van der Waals surface area contributed by atoms with Gasteiger partial charge in [0.25, 0.3) is 0 Å². The van der Waals surface area contributed by atoms with Crippen molar-refractivity contribution in [1.29, 1.82) is 0 Å². The summed E-state index contributed by atoms with van der Waals surface area (Å²) >= 11 is 0. The van der Waals surface area contributed by atoms with Gasteiger partial charge < -0.3 is 10.2 Å². The van der Waals surface area contributed by atoms with Gasteiger partial charge in [-0.2, -0.15) is 0 Å². The number of hydrogen-bond acceptors (Lipinski definition) is 2. The topological polar surface area (TPSA) is 15.3 Å². The molecule has 0 saturated carbocycles. The van der Waals surface area contributed by atoms with Crippen molar-refractivity contribution in [2.75, 3.05) is 19.0 Å². The molecule has 1 atom stereocenters. The van der Waals surface area contributed by atoms with Gasteiger partial charge in [0.05, 0.1) is 6.04 Å². The molecule has 2 aromatic rings. The third-order valence-electron chi connectivity index (χ3n) is 4.19. The Balaban J connectivity index is 2.28. The van der Waals surface area contributed by atoms with E-state index in [2.05, 4.69) is 105 Å². The van der Waals surface area contributed by atoms with Gasteiger partial charge in [0, 0.05) is 26.3 Å². The maximum absolute atomic E-state index is 4.04. The predicted octanol–water partition coefficient (Wildman–Crippen LogP) is 5.35. The van der Waals surface area contributed by atoms with Crippen LogP contribution in [0.5, 0.6) is 0 Å². The zero-order valence-electron chi connectivity index (χ0n) is 15.9. The van der Waals surface area contributed by atoms with Gasteiger partial charge in [0.15, 0.2) is 0 Å². The Bertz CT molecular complexity index is 682. The number of nitrogens with zero attached hydrogens (tertiary/aromatic N) is 1. The SMILES string of the molecule is C=C/C(=C\C(C)C)C(NCc1ccccc1)c1ccc(N(C)C)cc1. The Kier molecular flexibility index (Phi) is 7.03. The van der Waals surface area contributed by atoms with Crippen molar-refractivity contribution in [3.05, 3.63) is 90.0 Å². The summed E-state index contributed by atoms with van der Waals surface area (Å²) in [6.45, 7) is 9.27. The van der Waals surface area contributed by atoms with Crippen LogP contribution >= 0.6 is 0 Å². The summed E-state index contributed by atoms with van der Waals surface area (Å²) < 4.78 is 0. The number of hydrogen-bond donors (Lipinski definition) is 1. The highest BCUT2D eigenvalue weighted by Gasteiger charge is 2.15. The highest BCUT2D eigenvalue weighted by Crippen LogP contribution is 2.26. The van der Waals surface area contributed by atoms with Crippen molar-refractivity contribution in [1.82, 2.24) is 5.32 Å². The molecule has 1 N–H and O–H groups in total. The van der Waals surface area contributed by atoms with Crippen LogP contribution in [-0.2, 0) is 6.54 Å². The first-order valence-corrected chi connectivity index (χ1v) is 8.90. The van der Waals surface area contributed by atoms with Gasteiger partial charge in [-0.05, 0) is 34.8 Å². The van der Waals surface area contributed by atoms with Gasteiger partial charge in [0.1, 0.15) is 0 Å². The summed E-state index contributed by atoms with van der Waals surface area (Å²) in [6, 6.07) is 19.4. The molecule has 2 nitrogen and oxygen atoms in total. The average Bonchev–Trinajstić information content (AvgIpc) is 2.61. The van der Waals surface area contributed by atoms with Crippen molar-refractivity contribution in [2.45, 2.75) is 26.4 Å². The molecule has 2 aromatic carbocycles. The number of benzene rings is 2. The fourth-order valence-electron chi connectivity index (χ4n) is 2.88. The molecule has 0 fully saturated rings. The highest BCUT2D eigenvalue weighted by molar-refractivity contribution is 5.48. The maximum Gasteiger partial charge on any atom is 0.0576 e. The Morgan fingerprint density at radius 2 is 1.68 bits per heavy atom. The lowest BCUT2D eigenvalue weighted by Crippen LogP contribution is -2.22. The second-order valence-corrected chi connectivity index (χ2v) is 6.90. The van der Waals surface area contributed by atoms with Gasteiger partial charge >= 0.3 is 0 Å². The molecule has 0 saturated heterocycles. The van der Waals surface area contributed by atoms with Crippen molar-refractivity contribution in [3.63, 3.8) is 0 Å². The molecule has 2 rings (SSSR count). The molecular formula is C23H30N2. The normalized spacial score (nSPS) is 12.9. The Labute approximate surface area is 152 Å². The number of anilines is 1. The first-order chi connectivity index (χ1) is 12.0. The van der Waals surface area contributed by atoms with E-state index < -0.39 is 0 Å². The summed E-state index contributed by atoms with van der Waals surface area (Å²) in [6.07, 6.45) is 4.26. The molecule has 1 unspecified atom stereocenters. The summed E-state index contributed by atoms with van der Waals surface area (Å²) in [5.74, 6) is 0.482. The lowest BCUT2D eigenvalue weighted by Gasteiger charge is -2.23. The number of allylic oxidation sites excluding steroid dienone is 1. The molecule has 0 heterocycles. The van der Waals surface area contributed by atoms with E-state index in [4.69, 9.17) is 0 Å². The quantitative estimate of drug-likeness (QED) is 0.654. The van der Waals surface area contributed by atoms with Crippen LogP contribution in [0.15, 0.2) is 78.9 Å². The first-order valence-electron chi connectivity index (χ1n) is 8.90. The first kappa shape index (κ1) is 19.0. The van der Waals surface area contributed by atoms with Crippen molar-refractivity contribution in [3.8, 4) is 0 Å². The molecule has 0 aromatic heterocycles. The van der Waals surface area contributed by atoms with Crippen molar-refractivity contribution in [2.24, 2.45) is 5.92 Å². The summed E-state index contributed by atoms with van der Waals surface area (Å²) in [5.41, 5.74) is 4.97. The zero-order valence-corrected chi connectivity index (χ0v) is 15.9. The number of rotatable bonds is 8. The van der Waals surface area contributed by atoms with Gasteiger partial charge in [-0.25, -0.2) is 0 Å². The van der Waals surface area contributed by atoms with Crippen LogP contribution in [0.25, 0.3) is 0 Å². The van der Waals surface area contributed by atoms with Gasteiger partial charge in [-0.15, -0.1) is 0 Å². The van der Waals surface area contributed by atoms with Crippen molar-refractivity contribution < 1.29 is 0 Å². The Hall–Kier alpha value is -2.32. The molecule has 25 heavy (non-hydrogen) atoms. The monoisotopic (exact) mass is 334 g/mol. The fraction of sp³-hybridized carbons (Fsp3) is 0.304. The molecule has 0 aliphatic heterocycles. The third kappa shape index (κ3) is 5.61. The largest absolute Gasteiger partial charge is 0.378 e. The van der Waals surface area contributed by atoms with Crippen LogP contribution in [0.2, 0.25) is 0 Å². The third-order valence-corrected chi connectivity index (χ3v) is 4.19. The Morgan fingerprint density at radius 1 is 1.04 bits per heavy atom. The predicted molar refractivity (Wildman–Crippen MR) is 110 cm³/mol. The van der Waals surface area contributed by atoms with Crippen LogP contribution in [-0.4, -0.2) is 14.1 Å². The minimum Gasteiger partial charge on any atom is -0.378 e. The molecule has 0 bridgehead atoms. The van der Waals surface area contributed by atoms with Crippen LogP contribution in [0.4, 0.5) is 5.69 Å². The summed E-state index contributed by atoms with van der Waals surface area (Å²) in [7, 11) is 4.13. The van der Waals surface area contributed by atoms with Crippen LogP contribution in [0, 0.1) is 5.92 Å². The highest BCUT2D eigenvalue weighted by atomic mass is 15.1. The van der Waals surface area contributed by atoms with E-state index in [0.717, 1.165) is 6.54 Å². The van der Waals surface area contributed by atoms with Gasteiger partial charge in [0.2, 0.25) is 0 Å².